The molecule has 7 nitrogen and oxygen atoms in total. The number of aryl methyl sites for hydroxylation is 1. The summed E-state index contributed by atoms with van der Waals surface area (Å²) < 4.78 is 0. The Hall–Kier alpha value is -2.35. The second-order valence-electron chi connectivity index (χ2n) is 5.50. The molecule has 2 heterocycles. The number of carbonyl (C=O) groups is 2. The van der Waals surface area contributed by atoms with E-state index in [-0.39, 0.29) is 11.9 Å². The molecule has 1 aliphatic heterocycles. The average molecular weight is 345 g/mol. The molecule has 0 bridgehead atoms. The Bertz CT molecular complexity index is 743. The summed E-state index contributed by atoms with van der Waals surface area (Å²) in [5.74, 6) is 0.437. The largest absolute Gasteiger partial charge is 0.336 e. The second kappa shape index (κ2) is 7.04. The molecule has 1 unspecified atom stereocenters. The standard InChI is InChI=1S/C16H19N5O2S/c1-3-11-4-6-12(7-5-11)13-18-15(20-19-13)24-10(2)14(22)21-9-8-17-16(21)23/h4-7,10H,3,8-9H2,1-2H3,(H,17,23)(H,18,19,20). The number of nitrogens with one attached hydrogen (secondary N) is 2. The molecule has 8 heteroatoms. The number of H-pyrrole nitrogens is 1. The zero-order valence-corrected chi connectivity index (χ0v) is 14.4. The van der Waals surface area contributed by atoms with Gasteiger partial charge in [0.05, 0.1) is 5.25 Å². The molecule has 2 aromatic rings. The number of hydrogen-bond acceptors (Lipinski definition) is 5. The summed E-state index contributed by atoms with van der Waals surface area (Å²) in [6, 6.07) is 7.78. The molecule has 3 rings (SSSR count). The molecule has 0 radical (unpaired) electrons. The van der Waals surface area contributed by atoms with Crippen molar-refractivity contribution in [3.63, 3.8) is 0 Å². The van der Waals surface area contributed by atoms with E-state index in [1.807, 2.05) is 12.1 Å². The van der Waals surface area contributed by atoms with E-state index in [9.17, 15) is 9.59 Å². The lowest BCUT2D eigenvalue weighted by molar-refractivity contribution is -0.126. The summed E-state index contributed by atoms with van der Waals surface area (Å²) >= 11 is 1.24. The van der Waals surface area contributed by atoms with Gasteiger partial charge in [0.1, 0.15) is 0 Å². The van der Waals surface area contributed by atoms with Crippen LogP contribution in [0.4, 0.5) is 4.79 Å². The van der Waals surface area contributed by atoms with E-state index in [1.165, 1.54) is 22.2 Å². The fourth-order valence-electron chi connectivity index (χ4n) is 2.44. The average Bonchev–Trinajstić information content (AvgIpc) is 3.23. The molecule has 126 valence electrons. The lowest BCUT2D eigenvalue weighted by Crippen LogP contribution is -2.38. The van der Waals surface area contributed by atoms with E-state index >= 15 is 0 Å². The molecule has 2 N–H and O–H groups in total. The highest BCUT2D eigenvalue weighted by Gasteiger charge is 2.30. The maximum Gasteiger partial charge on any atom is 0.324 e. The van der Waals surface area contributed by atoms with E-state index in [4.69, 9.17) is 0 Å². The summed E-state index contributed by atoms with van der Waals surface area (Å²) in [7, 11) is 0. The monoisotopic (exact) mass is 345 g/mol. The first-order chi connectivity index (χ1) is 11.6. The third kappa shape index (κ3) is 3.43. The summed E-state index contributed by atoms with van der Waals surface area (Å²) in [5, 5.41) is 9.74. The lowest BCUT2D eigenvalue weighted by Gasteiger charge is -2.15. The molecule has 1 aliphatic rings. The van der Waals surface area contributed by atoms with Gasteiger partial charge in [-0.25, -0.2) is 9.78 Å². The van der Waals surface area contributed by atoms with Gasteiger partial charge in [0.15, 0.2) is 5.82 Å². The van der Waals surface area contributed by atoms with Gasteiger partial charge in [-0.2, -0.15) is 0 Å². The van der Waals surface area contributed by atoms with Crippen LogP contribution in [0.15, 0.2) is 29.4 Å². The van der Waals surface area contributed by atoms with Crippen molar-refractivity contribution in [3.05, 3.63) is 29.8 Å². The van der Waals surface area contributed by atoms with Crippen molar-refractivity contribution in [1.29, 1.82) is 0 Å². The Morgan fingerprint density at radius 1 is 1.38 bits per heavy atom. The molecule has 0 aliphatic carbocycles. The molecule has 3 amide bonds. The zero-order chi connectivity index (χ0) is 17.1. The fourth-order valence-corrected chi connectivity index (χ4v) is 3.22. The molecular formula is C16H19N5O2S. The van der Waals surface area contributed by atoms with Crippen LogP contribution in [0.25, 0.3) is 11.4 Å². The summed E-state index contributed by atoms with van der Waals surface area (Å²) in [6.45, 7) is 4.77. The van der Waals surface area contributed by atoms with Gasteiger partial charge in [-0.3, -0.25) is 14.8 Å². The number of aromatic nitrogens is 3. The molecular weight excluding hydrogens is 326 g/mol. The highest BCUT2D eigenvalue weighted by Crippen LogP contribution is 2.24. The topological polar surface area (TPSA) is 91.0 Å². The summed E-state index contributed by atoms with van der Waals surface area (Å²) in [6.07, 6.45) is 0.988. The van der Waals surface area contributed by atoms with Crippen molar-refractivity contribution in [1.82, 2.24) is 25.4 Å². The van der Waals surface area contributed by atoms with E-state index in [2.05, 4.69) is 39.6 Å². The SMILES string of the molecule is CCc1ccc(-c2nc(SC(C)C(=O)N3CCNC3=O)n[nH]2)cc1. The Kier molecular flexibility index (Phi) is 4.84. The first-order valence-electron chi connectivity index (χ1n) is 7.86. The van der Waals surface area contributed by atoms with Gasteiger partial charge in [0, 0.05) is 18.7 Å². The minimum Gasteiger partial charge on any atom is -0.336 e. The van der Waals surface area contributed by atoms with Crippen LogP contribution in [-0.4, -0.2) is 50.4 Å². The number of aromatic amines is 1. The minimum absolute atomic E-state index is 0.228. The quantitative estimate of drug-likeness (QED) is 0.810. The Labute approximate surface area is 144 Å². The van der Waals surface area contributed by atoms with Gasteiger partial charge in [-0.1, -0.05) is 43.0 Å². The van der Waals surface area contributed by atoms with Crippen LogP contribution in [0.2, 0.25) is 0 Å². The third-order valence-corrected chi connectivity index (χ3v) is 4.80. The van der Waals surface area contributed by atoms with Crippen molar-refractivity contribution in [2.75, 3.05) is 13.1 Å². The maximum atomic E-state index is 12.3. The normalized spacial score (nSPS) is 15.4. The van der Waals surface area contributed by atoms with Crippen LogP contribution in [0.5, 0.6) is 0 Å². The number of imide groups is 1. The predicted octanol–water partition coefficient (Wildman–Crippen LogP) is 2.07. The molecule has 1 atom stereocenters. The molecule has 0 saturated carbocycles. The van der Waals surface area contributed by atoms with Crippen molar-refractivity contribution < 1.29 is 9.59 Å². The van der Waals surface area contributed by atoms with E-state index in [0.717, 1.165) is 12.0 Å². The van der Waals surface area contributed by atoms with Crippen LogP contribution in [-0.2, 0) is 11.2 Å². The van der Waals surface area contributed by atoms with Crippen LogP contribution in [0, 0.1) is 0 Å². The van der Waals surface area contributed by atoms with Gasteiger partial charge in [-0.05, 0) is 18.9 Å². The smallest absolute Gasteiger partial charge is 0.324 e. The Balaban J connectivity index is 1.66. The highest BCUT2D eigenvalue weighted by atomic mass is 32.2. The highest BCUT2D eigenvalue weighted by molar-refractivity contribution is 8.00. The van der Waals surface area contributed by atoms with Crippen LogP contribution in [0.1, 0.15) is 19.4 Å². The van der Waals surface area contributed by atoms with Gasteiger partial charge >= 0.3 is 6.03 Å². The van der Waals surface area contributed by atoms with Crippen LogP contribution < -0.4 is 5.32 Å². The van der Waals surface area contributed by atoms with E-state index in [1.54, 1.807) is 6.92 Å². The number of urea groups is 1. The van der Waals surface area contributed by atoms with Gasteiger partial charge in [0.25, 0.3) is 0 Å². The fraction of sp³-hybridized carbons (Fsp3) is 0.375. The third-order valence-electron chi connectivity index (χ3n) is 3.85. The van der Waals surface area contributed by atoms with Gasteiger partial charge in [-0.15, -0.1) is 5.10 Å². The van der Waals surface area contributed by atoms with Crippen LogP contribution >= 0.6 is 11.8 Å². The first-order valence-corrected chi connectivity index (χ1v) is 8.74. The molecule has 1 fully saturated rings. The molecule has 24 heavy (non-hydrogen) atoms. The second-order valence-corrected chi connectivity index (χ2v) is 6.81. The lowest BCUT2D eigenvalue weighted by atomic mass is 10.1. The molecule has 0 spiro atoms. The van der Waals surface area contributed by atoms with Crippen molar-refractivity contribution in [3.8, 4) is 11.4 Å². The Morgan fingerprint density at radius 3 is 2.75 bits per heavy atom. The number of rotatable bonds is 5. The van der Waals surface area contributed by atoms with E-state index in [0.29, 0.717) is 24.1 Å². The van der Waals surface area contributed by atoms with E-state index < -0.39 is 5.25 Å². The maximum absolute atomic E-state index is 12.3. The van der Waals surface area contributed by atoms with Crippen molar-refractivity contribution >= 4 is 23.7 Å². The number of nitrogens with zero attached hydrogens (tertiary/aromatic N) is 3. The summed E-state index contributed by atoms with van der Waals surface area (Å²) in [5.41, 5.74) is 2.21. The number of thioether (sulfide) groups is 1. The zero-order valence-electron chi connectivity index (χ0n) is 13.6. The number of hydrogen-bond donors (Lipinski definition) is 2. The molecule has 1 aromatic heterocycles. The van der Waals surface area contributed by atoms with Gasteiger partial charge < -0.3 is 5.32 Å². The summed E-state index contributed by atoms with van der Waals surface area (Å²) in [4.78, 5) is 29.5. The first kappa shape index (κ1) is 16.5. The molecule has 1 aromatic carbocycles. The number of amides is 3. The minimum atomic E-state index is -0.431. The van der Waals surface area contributed by atoms with Crippen LogP contribution in [0.3, 0.4) is 0 Å². The van der Waals surface area contributed by atoms with Crippen molar-refractivity contribution in [2.45, 2.75) is 30.7 Å². The van der Waals surface area contributed by atoms with Crippen molar-refractivity contribution in [2.24, 2.45) is 0 Å². The number of carbonyl (C=O) groups excluding carboxylic acids is 2. The predicted molar refractivity (Wildman–Crippen MR) is 91.6 cm³/mol. The Morgan fingerprint density at radius 2 is 2.12 bits per heavy atom. The number of benzene rings is 1. The van der Waals surface area contributed by atoms with Gasteiger partial charge in [0.2, 0.25) is 11.1 Å². The molecule has 1 saturated heterocycles.